The fourth-order valence-electron chi connectivity index (χ4n) is 4.28. The number of phenols is 1. The first-order chi connectivity index (χ1) is 12.2. The molecule has 1 aliphatic heterocycles. The van der Waals surface area contributed by atoms with Gasteiger partial charge in [-0.05, 0) is 76.0 Å². The highest BCUT2D eigenvalue weighted by molar-refractivity contribution is 5.49. The third-order valence-electron chi connectivity index (χ3n) is 5.46. The van der Waals surface area contributed by atoms with Crippen LogP contribution < -0.4 is 0 Å². The van der Waals surface area contributed by atoms with E-state index in [1.807, 2.05) is 32.9 Å². The molecule has 2 aromatic carbocycles. The highest BCUT2D eigenvalue weighted by Crippen LogP contribution is 2.46. The summed E-state index contributed by atoms with van der Waals surface area (Å²) in [5.41, 5.74) is 1.20. The van der Waals surface area contributed by atoms with Crippen LogP contribution in [0.25, 0.3) is 0 Å². The predicted molar refractivity (Wildman–Crippen MR) is 101 cm³/mol. The number of likely N-dealkylation sites (tertiary alicyclic amines) is 1. The number of hydrogen-bond donors (Lipinski definition) is 2. The van der Waals surface area contributed by atoms with Gasteiger partial charge < -0.3 is 15.1 Å². The third kappa shape index (κ3) is 3.62. The van der Waals surface area contributed by atoms with Crippen molar-refractivity contribution in [1.82, 2.24) is 4.90 Å². The number of rotatable bonds is 4. The highest BCUT2D eigenvalue weighted by Gasteiger charge is 2.41. The van der Waals surface area contributed by atoms with E-state index in [0.29, 0.717) is 12.1 Å². The number of phenolic OH excluding ortho intramolecular Hbond substituents is 1. The van der Waals surface area contributed by atoms with Crippen LogP contribution in [0.3, 0.4) is 0 Å². The van der Waals surface area contributed by atoms with Gasteiger partial charge in [0.2, 0.25) is 0 Å². The molecular formula is C22H27FNO2. The van der Waals surface area contributed by atoms with Gasteiger partial charge in [-0.1, -0.05) is 24.3 Å². The Labute approximate surface area is 155 Å². The molecule has 139 valence electrons. The number of piperidine rings is 1. The van der Waals surface area contributed by atoms with Crippen molar-refractivity contribution in [3.05, 3.63) is 65.0 Å². The van der Waals surface area contributed by atoms with Crippen LogP contribution >= 0.6 is 0 Å². The summed E-state index contributed by atoms with van der Waals surface area (Å²) in [5, 5.41) is 20.6. The molecule has 0 aliphatic carbocycles. The molecule has 0 bridgehead atoms. The number of β-amino-alcohol motifs (C(OH)–C–C–N with tert-alkyl or cyclic N) is 1. The molecule has 1 aliphatic rings. The van der Waals surface area contributed by atoms with Crippen molar-refractivity contribution >= 4 is 0 Å². The van der Waals surface area contributed by atoms with Gasteiger partial charge in [-0.3, -0.25) is 0 Å². The Morgan fingerprint density at radius 1 is 1.19 bits per heavy atom. The van der Waals surface area contributed by atoms with E-state index in [4.69, 9.17) is 0 Å². The molecule has 3 rings (SSSR count). The van der Waals surface area contributed by atoms with Crippen LogP contribution in [0.15, 0.2) is 36.4 Å². The summed E-state index contributed by atoms with van der Waals surface area (Å²) in [5.74, 6) is -0.0186. The second-order valence-electron chi connectivity index (χ2n) is 8.03. The van der Waals surface area contributed by atoms with E-state index in [-0.39, 0.29) is 11.6 Å². The van der Waals surface area contributed by atoms with Crippen molar-refractivity contribution in [2.75, 3.05) is 19.6 Å². The van der Waals surface area contributed by atoms with Crippen molar-refractivity contribution in [2.24, 2.45) is 0 Å². The standard InChI is InChI=1S/C22H27FNO2/c1-16-17(8-6-9-19(16)23)22(18-7-4-5-10-20(18)25)11-13-24(14-12-22)15-21(2,3)26/h4,6-10,25-26H,11-15H2,1-3H3. The predicted octanol–water partition coefficient (Wildman–Crippen LogP) is 3.79. The maximum absolute atomic E-state index is 14.3. The van der Waals surface area contributed by atoms with Crippen molar-refractivity contribution in [3.63, 3.8) is 0 Å². The van der Waals surface area contributed by atoms with E-state index < -0.39 is 11.0 Å². The molecule has 0 spiro atoms. The first-order valence-corrected chi connectivity index (χ1v) is 9.13. The van der Waals surface area contributed by atoms with E-state index in [1.54, 1.807) is 18.2 Å². The van der Waals surface area contributed by atoms with E-state index in [1.165, 1.54) is 6.07 Å². The zero-order chi connectivity index (χ0) is 18.9. The quantitative estimate of drug-likeness (QED) is 0.876. The van der Waals surface area contributed by atoms with Crippen LogP contribution in [-0.2, 0) is 5.41 Å². The number of aliphatic hydroxyl groups is 1. The number of benzene rings is 2. The van der Waals surface area contributed by atoms with Gasteiger partial charge in [0, 0.05) is 17.5 Å². The monoisotopic (exact) mass is 356 g/mol. The Morgan fingerprint density at radius 2 is 1.88 bits per heavy atom. The summed E-state index contributed by atoms with van der Waals surface area (Å²) >= 11 is 0. The molecule has 4 heteroatoms. The molecular weight excluding hydrogens is 329 g/mol. The van der Waals surface area contributed by atoms with Crippen LogP contribution in [0.2, 0.25) is 0 Å². The number of nitrogens with zero attached hydrogens (tertiary/aromatic N) is 1. The van der Waals surface area contributed by atoms with Gasteiger partial charge >= 0.3 is 0 Å². The molecule has 1 radical (unpaired) electrons. The van der Waals surface area contributed by atoms with Crippen LogP contribution in [0.1, 0.15) is 43.4 Å². The Bertz CT molecular complexity index is 774. The summed E-state index contributed by atoms with van der Waals surface area (Å²) in [7, 11) is 0. The van der Waals surface area contributed by atoms with Gasteiger partial charge in [-0.25, -0.2) is 4.39 Å². The topological polar surface area (TPSA) is 43.7 Å². The van der Waals surface area contributed by atoms with Crippen molar-refractivity contribution < 1.29 is 14.6 Å². The minimum absolute atomic E-state index is 0.201. The normalized spacial score (nSPS) is 18.0. The fourth-order valence-corrected chi connectivity index (χ4v) is 4.28. The minimum atomic E-state index is -0.751. The number of halogens is 1. The van der Waals surface area contributed by atoms with E-state index in [9.17, 15) is 14.6 Å². The average Bonchev–Trinajstić information content (AvgIpc) is 2.58. The molecule has 26 heavy (non-hydrogen) atoms. The zero-order valence-corrected chi connectivity index (χ0v) is 15.7. The summed E-state index contributed by atoms with van der Waals surface area (Å²) in [6.45, 7) is 7.58. The molecule has 1 saturated heterocycles. The first-order valence-electron chi connectivity index (χ1n) is 9.13. The lowest BCUT2D eigenvalue weighted by atomic mass is 9.66. The Kier molecular flexibility index (Phi) is 5.09. The summed E-state index contributed by atoms with van der Waals surface area (Å²) in [6, 6.07) is 13.4. The number of hydrogen-bond acceptors (Lipinski definition) is 3. The summed E-state index contributed by atoms with van der Waals surface area (Å²) in [6.07, 6.45) is 1.51. The lowest BCUT2D eigenvalue weighted by Crippen LogP contribution is -2.48. The number of aromatic hydroxyl groups is 1. The maximum Gasteiger partial charge on any atom is 0.126 e. The first kappa shape index (κ1) is 18.9. The molecule has 2 aromatic rings. The molecule has 2 N–H and O–H groups in total. The average molecular weight is 356 g/mol. The van der Waals surface area contributed by atoms with Gasteiger partial charge in [0.15, 0.2) is 0 Å². The third-order valence-corrected chi connectivity index (χ3v) is 5.46. The van der Waals surface area contributed by atoms with Crippen LogP contribution in [0.5, 0.6) is 5.75 Å². The van der Waals surface area contributed by atoms with Crippen molar-refractivity contribution in [3.8, 4) is 5.75 Å². The van der Waals surface area contributed by atoms with Crippen LogP contribution in [-0.4, -0.2) is 40.3 Å². The summed E-state index contributed by atoms with van der Waals surface area (Å²) in [4.78, 5) is 2.24. The second-order valence-corrected chi connectivity index (χ2v) is 8.03. The Balaban J connectivity index is 2.03. The van der Waals surface area contributed by atoms with E-state index in [0.717, 1.165) is 37.1 Å². The molecule has 0 saturated carbocycles. The maximum atomic E-state index is 14.3. The lowest BCUT2D eigenvalue weighted by Gasteiger charge is -2.44. The smallest absolute Gasteiger partial charge is 0.126 e. The van der Waals surface area contributed by atoms with Gasteiger partial charge in [0.05, 0.1) is 5.60 Å². The van der Waals surface area contributed by atoms with E-state index in [2.05, 4.69) is 11.0 Å². The SMILES string of the molecule is Cc1c(F)cccc1C1(c2cc[c]cc2O)CCN(CC(C)(C)O)CC1. The molecule has 1 heterocycles. The van der Waals surface area contributed by atoms with Gasteiger partial charge in [0.25, 0.3) is 0 Å². The zero-order valence-electron chi connectivity index (χ0n) is 15.7. The molecule has 1 fully saturated rings. The summed E-state index contributed by atoms with van der Waals surface area (Å²) < 4.78 is 14.3. The molecule has 0 atom stereocenters. The van der Waals surface area contributed by atoms with Gasteiger partial charge in [-0.2, -0.15) is 0 Å². The fraction of sp³-hybridized carbons (Fsp3) is 0.455. The van der Waals surface area contributed by atoms with Crippen molar-refractivity contribution in [1.29, 1.82) is 0 Å². The van der Waals surface area contributed by atoms with Crippen molar-refractivity contribution in [2.45, 2.75) is 44.6 Å². The molecule has 0 unspecified atom stereocenters. The highest BCUT2D eigenvalue weighted by atomic mass is 19.1. The van der Waals surface area contributed by atoms with Crippen LogP contribution in [0.4, 0.5) is 4.39 Å². The van der Waals surface area contributed by atoms with Gasteiger partial charge in [0.1, 0.15) is 11.6 Å². The lowest BCUT2D eigenvalue weighted by molar-refractivity contribution is 0.0235. The molecule has 0 aromatic heterocycles. The van der Waals surface area contributed by atoms with E-state index >= 15 is 0 Å². The Hall–Kier alpha value is -1.91. The van der Waals surface area contributed by atoms with Crippen LogP contribution in [0, 0.1) is 18.8 Å². The Morgan fingerprint density at radius 3 is 2.50 bits per heavy atom. The molecule has 3 nitrogen and oxygen atoms in total. The largest absolute Gasteiger partial charge is 0.508 e. The molecule has 0 amide bonds. The minimum Gasteiger partial charge on any atom is -0.508 e. The van der Waals surface area contributed by atoms with Gasteiger partial charge in [-0.15, -0.1) is 0 Å². The second kappa shape index (κ2) is 7.01.